The molecule has 1 aromatic heterocycles. The lowest BCUT2D eigenvalue weighted by Crippen LogP contribution is -2.05. The van der Waals surface area contributed by atoms with Crippen LogP contribution in [0.4, 0.5) is 0 Å². The molecule has 2 aromatic carbocycles. The SMILES string of the molecule is COc1ccc(C2=C(OC(C)=O)c3ccc(Cl)n3-c3ccccc3S2)cc1. The van der Waals surface area contributed by atoms with Crippen molar-refractivity contribution >= 4 is 40.0 Å². The van der Waals surface area contributed by atoms with Crippen molar-refractivity contribution in [2.24, 2.45) is 0 Å². The number of halogens is 1. The Morgan fingerprint density at radius 3 is 2.48 bits per heavy atom. The second-order valence-corrected chi connectivity index (χ2v) is 7.37. The second kappa shape index (κ2) is 7.18. The minimum atomic E-state index is -0.383. The lowest BCUT2D eigenvalue weighted by molar-refractivity contribution is -0.134. The lowest BCUT2D eigenvalue weighted by Gasteiger charge is -2.13. The Hall–Kier alpha value is -2.63. The summed E-state index contributed by atoms with van der Waals surface area (Å²) in [5, 5.41) is 0.554. The Labute approximate surface area is 166 Å². The molecule has 0 radical (unpaired) electrons. The largest absolute Gasteiger partial charge is 0.497 e. The van der Waals surface area contributed by atoms with E-state index in [0.717, 1.165) is 32.5 Å². The van der Waals surface area contributed by atoms with E-state index in [2.05, 4.69) is 0 Å². The summed E-state index contributed by atoms with van der Waals surface area (Å²) in [5.74, 6) is 0.867. The van der Waals surface area contributed by atoms with Crippen LogP contribution in [-0.4, -0.2) is 17.6 Å². The number of hydrogen-bond acceptors (Lipinski definition) is 4. The van der Waals surface area contributed by atoms with Crippen molar-refractivity contribution in [3.05, 3.63) is 77.1 Å². The van der Waals surface area contributed by atoms with Gasteiger partial charge in [0.2, 0.25) is 0 Å². The summed E-state index contributed by atoms with van der Waals surface area (Å²) in [7, 11) is 1.63. The number of fused-ring (bicyclic) bond motifs is 3. The third-order valence-electron chi connectivity index (χ3n) is 4.19. The molecule has 0 amide bonds. The topological polar surface area (TPSA) is 40.5 Å². The predicted molar refractivity (Wildman–Crippen MR) is 108 cm³/mol. The van der Waals surface area contributed by atoms with Crippen LogP contribution in [0.3, 0.4) is 0 Å². The molecule has 3 aromatic rings. The molecule has 0 spiro atoms. The van der Waals surface area contributed by atoms with E-state index in [1.807, 2.05) is 59.2 Å². The highest BCUT2D eigenvalue weighted by Crippen LogP contribution is 2.47. The van der Waals surface area contributed by atoms with Gasteiger partial charge < -0.3 is 9.47 Å². The van der Waals surface area contributed by atoms with Gasteiger partial charge in [-0.15, -0.1) is 0 Å². The van der Waals surface area contributed by atoms with Crippen molar-refractivity contribution in [1.82, 2.24) is 4.57 Å². The summed E-state index contributed by atoms with van der Waals surface area (Å²) >= 11 is 8.01. The first-order valence-corrected chi connectivity index (χ1v) is 9.50. The summed E-state index contributed by atoms with van der Waals surface area (Å²) in [6.45, 7) is 1.40. The van der Waals surface area contributed by atoms with Gasteiger partial charge in [-0.2, -0.15) is 0 Å². The van der Waals surface area contributed by atoms with Crippen LogP contribution in [0.5, 0.6) is 5.75 Å². The molecule has 0 bridgehead atoms. The average Bonchev–Trinajstić information content (AvgIpc) is 2.99. The van der Waals surface area contributed by atoms with Gasteiger partial charge in [0.15, 0.2) is 5.76 Å². The van der Waals surface area contributed by atoms with Gasteiger partial charge in [-0.1, -0.05) is 47.6 Å². The molecule has 1 aliphatic rings. The fourth-order valence-electron chi connectivity index (χ4n) is 3.01. The van der Waals surface area contributed by atoms with Crippen molar-refractivity contribution in [2.45, 2.75) is 11.8 Å². The maximum Gasteiger partial charge on any atom is 0.308 e. The molecule has 0 unspecified atom stereocenters. The summed E-state index contributed by atoms with van der Waals surface area (Å²) < 4.78 is 12.8. The molecule has 0 fully saturated rings. The van der Waals surface area contributed by atoms with E-state index in [4.69, 9.17) is 21.1 Å². The Balaban J connectivity index is 2.00. The highest BCUT2D eigenvalue weighted by molar-refractivity contribution is 8.08. The van der Waals surface area contributed by atoms with Crippen LogP contribution < -0.4 is 4.74 Å². The molecule has 0 N–H and O–H groups in total. The maximum absolute atomic E-state index is 11.9. The number of benzene rings is 2. The van der Waals surface area contributed by atoms with Crippen LogP contribution >= 0.6 is 23.4 Å². The van der Waals surface area contributed by atoms with Gasteiger partial charge in [0.05, 0.1) is 23.4 Å². The number of ether oxygens (including phenoxy) is 2. The van der Waals surface area contributed by atoms with E-state index in [9.17, 15) is 4.79 Å². The summed E-state index contributed by atoms with van der Waals surface area (Å²) in [6.07, 6.45) is 0. The molecule has 4 nitrogen and oxygen atoms in total. The molecule has 1 aliphatic heterocycles. The van der Waals surface area contributed by atoms with Crippen LogP contribution in [-0.2, 0) is 9.53 Å². The standard InChI is InChI=1S/C21H16ClNO3S/c1-13(24)26-20-17-11-12-19(22)23(17)16-5-3-4-6-18(16)27-21(20)14-7-9-15(25-2)10-8-14/h3-12H,1-2H3. The highest BCUT2D eigenvalue weighted by Gasteiger charge is 2.26. The smallest absolute Gasteiger partial charge is 0.308 e. The number of methoxy groups -OCH3 is 1. The number of rotatable bonds is 3. The van der Waals surface area contributed by atoms with Crippen LogP contribution in [0.1, 0.15) is 18.2 Å². The van der Waals surface area contributed by atoms with Gasteiger partial charge in [-0.25, -0.2) is 0 Å². The van der Waals surface area contributed by atoms with Gasteiger partial charge >= 0.3 is 5.97 Å². The number of thioether (sulfide) groups is 1. The Bertz CT molecular complexity index is 1050. The van der Waals surface area contributed by atoms with E-state index in [1.165, 1.54) is 6.92 Å². The first kappa shape index (κ1) is 17.8. The van der Waals surface area contributed by atoms with E-state index in [0.29, 0.717) is 10.9 Å². The Morgan fingerprint density at radius 2 is 1.78 bits per heavy atom. The van der Waals surface area contributed by atoms with Crippen molar-refractivity contribution in [1.29, 1.82) is 0 Å². The quantitative estimate of drug-likeness (QED) is 0.537. The van der Waals surface area contributed by atoms with E-state index in [1.54, 1.807) is 24.9 Å². The van der Waals surface area contributed by atoms with Gasteiger partial charge in [0.1, 0.15) is 10.9 Å². The maximum atomic E-state index is 11.9. The molecule has 0 saturated carbocycles. The molecule has 4 rings (SSSR count). The zero-order valence-electron chi connectivity index (χ0n) is 14.7. The van der Waals surface area contributed by atoms with Gasteiger partial charge in [0, 0.05) is 11.8 Å². The number of carbonyl (C=O) groups is 1. The second-order valence-electron chi connectivity index (χ2n) is 5.93. The van der Waals surface area contributed by atoms with Crippen LogP contribution in [0.2, 0.25) is 5.15 Å². The first-order chi connectivity index (χ1) is 13.1. The monoisotopic (exact) mass is 397 g/mol. The lowest BCUT2D eigenvalue weighted by atomic mass is 10.1. The number of hydrogen-bond donors (Lipinski definition) is 0. The fourth-order valence-corrected chi connectivity index (χ4v) is 4.38. The van der Waals surface area contributed by atoms with E-state index in [-0.39, 0.29) is 5.97 Å². The van der Waals surface area contributed by atoms with Crippen LogP contribution in [0.25, 0.3) is 16.4 Å². The normalized spacial score (nSPS) is 12.9. The average molecular weight is 398 g/mol. The van der Waals surface area contributed by atoms with E-state index < -0.39 is 0 Å². The molecular formula is C21H16ClNO3S. The van der Waals surface area contributed by atoms with Gasteiger partial charge in [-0.05, 0) is 42.0 Å². The van der Waals surface area contributed by atoms with Crippen molar-refractivity contribution in [2.75, 3.05) is 7.11 Å². The Morgan fingerprint density at radius 1 is 1.04 bits per heavy atom. The minimum Gasteiger partial charge on any atom is -0.497 e. The summed E-state index contributed by atoms with van der Waals surface area (Å²) in [4.78, 5) is 13.7. The molecular weight excluding hydrogens is 382 g/mol. The molecule has 27 heavy (non-hydrogen) atoms. The van der Waals surface area contributed by atoms with Gasteiger partial charge in [-0.3, -0.25) is 9.36 Å². The molecule has 6 heteroatoms. The number of carbonyl (C=O) groups excluding carboxylic acids is 1. The zero-order valence-corrected chi connectivity index (χ0v) is 16.3. The first-order valence-electron chi connectivity index (χ1n) is 8.30. The highest BCUT2D eigenvalue weighted by atomic mass is 35.5. The zero-order chi connectivity index (χ0) is 19.0. The third-order valence-corrected chi connectivity index (χ3v) is 5.67. The molecule has 0 aliphatic carbocycles. The minimum absolute atomic E-state index is 0.383. The number of nitrogens with zero attached hydrogens (tertiary/aromatic N) is 1. The van der Waals surface area contributed by atoms with Crippen LogP contribution in [0, 0.1) is 0 Å². The molecule has 0 saturated heterocycles. The number of esters is 1. The Kier molecular flexibility index (Phi) is 4.72. The fraction of sp³-hybridized carbons (Fsp3) is 0.0952. The molecule has 136 valence electrons. The predicted octanol–water partition coefficient (Wildman–Crippen LogP) is 5.63. The molecule has 2 heterocycles. The molecule has 0 atom stereocenters. The van der Waals surface area contributed by atoms with Crippen molar-refractivity contribution in [3.63, 3.8) is 0 Å². The van der Waals surface area contributed by atoms with Crippen molar-refractivity contribution < 1.29 is 14.3 Å². The number of para-hydroxylation sites is 1. The summed E-state index contributed by atoms with van der Waals surface area (Å²) in [5.41, 5.74) is 2.61. The van der Waals surface area contributed by atoms with Crippen LogP contribution in [0.15, 0.2) is 65.6 Å². The third kappa shape index (κ3) is 3.24. The number of aromatic nitrogens is 1. The van der Waals surface area contributed by atoms with E-state index >= 15 is 0 Å². The van der Waals surface area contributed by atoms with Gasteiger partial charge in [0.25, 0.3) is 0 Å². The van der Waals surface area contributed by atoms with Crippen molar-refractivity contribution in [3.8, 4) is 11.4 Å². The summed E-state index contributed by atoms with van der Waals surface area (Å²) in [6, 6.07) is 19.3.